The van der Waals surface area contributed by atoms with Crippen LogP contribution in [0.5, 0.6) is 0 Å². The highest BCUT2D eigenvalue weighted by Gasteiger charge is 2.22. The van der Waals surface area contributed by atoms with Crippen LogP contribution in [0.3, 0.4) is 0 Å². The molecule has 0 radical (unpaired) electrons. The number of fused-ring (bicyclic) bond motifs is 3. The van der Waals surface area contributed by atoms with Gasteiger partial charge in [0.25, 0.3) is 11.5 Å². The molecular formula is C28H32N6O4. The summed E-state index contributed by atoms with van der Waals surface area (Å²) in [4.78, 5) is 52.8. The van der Waals surface area contributed by atoms with E-state index in [0.717, 1.165) is 35.9 Å². The molecule has 5 rings (SSSR count). The van der Waals surface area contributed by atoms with Crippen molar-refractivity contribution < 1.29 is 9.59 Å². The van der Waals surface area contributed by atoms with Crippen molar-refractivity contribution in [2.75, 3.05) is 0 Å². The largest absolute Gasteiger partial charge is 0.352 e. The summed E-state index contributed by atoms with van der Waals surface area (Å²) in [5.74, 6) is -0.486. The highest BCUT2D eigenvalue weighted by molar-refractivity contribution is 5.98. The molecule has 198 valence electrons. The minimum atomic E-state index is -0.549. The smallest absolute Gasteiger partial charge is 0.352 e. The molecule has 1 fully saturated rings. The quantitative estimate of drug-likeness (QED) is 0.391. The molecule has 1 saturated carbocycles. The molecule has 38 heavy (non-hydrogen) atoms. The molecule has 1 aliphatic rings. The average molecular weight is 517 g/mol. The van der Waals surface area contributed by atoms with Crippen LogP contribution < -0.4 is 21.9 Å². The van der Waals surface area contributed by atoms with Crippen molar-refractivity contribution in [3.63, 3.8) is 0 Å². The molecule has 0 saturated heterocycles. The van der Waals surface area contributed by atoms with E-state index in [2.05, 4.69) is 15.7 Å². The zero-order chi connectivity index (χ0) is 26.8. The van der Waals surface area contributed by atoms with Crippen LogP contribution in [0.25, 0.3) is 16.7 Å². The van der Waals surface area contributed by atoms with E-state index in [1.54, 1.807) is 12.1 Å². The maximum absolute atomic E-state index is 13.6. The maximum Gasteiger partial charge on any atom is 0.352 e. The first-order valence-electron chi connectivity index (χ1n) is 13.1. The number of carbonyl (C=O) groups excluding carboxylic acids is 2. The molecule has 0 aliphatic heterocycles. The fourth-order valence-electron chi connectivity index (χ4n) is 5.07. The van der Waals surface area contributed by atoms with E-state index in [1.807, 2.05) is 44.2 Å². The molecule has 0 unspecified atom stereocenters. The van der Waals surface area contributed by atoms with Crippen molar-refractivity contribution in [1.82, 2.24) is 29.4 Å². The number of rotatable bonds is 7. The topological polar surface area (TPSA) is 120 Å². The third-order valence-electron chi connectivity index (χ3n) is 6.91. The zero-order valence-corrected chi connectivity index (χ0v) is 21.6. The van der Waals surface area contributed by atoms with Crippen LogP contribution in [0.4, 0.5) is 0 Å². The first kappa shape index (κ1) is 25.4. The van der Waals surface area contributed by atoms with Crippen molar-refractivity contribution in [1.29, 1.82) is 0 Å². The van der Waals surface area contributed by atoms with E-state index < -0.39 is 5.69 Å². The van der Waals surface area contributed by atoms with Crippen LogP contribution in [0, 0.1) is 0 Å². The first-order valence-corrected chi connectivity index (χ1v) is 13.1. The summed E-state index contributed by atoms with van der Waals surface area (Å²) < 4.78 is 3.84. The second kappa shape index (κ2) is 10.6. The van der Waals surface area contributed by atoms with Crippen molar-refractivity contribution in [3.05, 3.63) is 80.5 Å². The van der Waals surface area contributed by atoms with Gasteiger partial charge in [-0.3, -0.25) is 19.0 Å². The number of hydrogen-bond donors (Lipinski definition) is 2. The van der Waals surface area contributed by atoms with E-state index >= 15 is 0 Å². The number of nitrogens with zero attached hydrogens (tertiary/aromatic N) is 4. The van der Waals surface area contributed by atoms with Crippen LogP contribution in [0.1, 0.15) is 61.9 Å². The molecule has 0 bridgehead atoms. The number of nitrogens with one attached hydrogen (secondary N) is 2. The fourth-order valence-corrected chi connectivity index (χ4v) is 5.07. The zero-order valence-electron chi connectivity index (χ0n) is 21.6. The van der Waals surface area contributed by atoms with Gasteiger partial charge in [-0.1, -0.05) is 49.6 Å². The molecule has 0 atom stereocenters. The number of aromatic nitrogens is 4. The number of carbonyl (C=O) groups is 2. The predicted octanol–water partition coefficient (Wildman–Crippen LogP) is 2.45. The summed E-state index contributed by atoms with van der Waals surface area (Å²) in [6.07, 6.45) is 5.16. The van der Waals surface area contributed by atoms with Crippen molar-refractivity contribution in [2.24, 2.45) is 0 Å². The lowest BCUT2D eigenvalue weighted by Gasteiger charge is -2.22. The molecule has 2 N–H and O–H groups in total. The summed E-state index contributed by atoms with van der Waals surface area (Å²) in [6.45, 7) is 3.64. The Bertz CT molecular complexity index is 1610. The monoisotopic (exact) mass is 516 g/mol. The van der Waals surface area contributed by atoms with Crippen molar-refractivity contribution in [2.45, 2.75) is 71.1 Å². The van der Waals surface area contributed by atoms with E-state index in [9.17, 15) is 19.2 Å². The third kappa shape index (κ3) is 5.11. The van der Waals surface area contributed by atoms with Gasteiger partial charge < -0.3 is 10.6 Å². The second-order valence-corrected chi connectivity index (χ2v) is 10.2. The van der Waals surface area contributed by atoms with Crippen LogP contribution in [-0.2, 0) is 17.9 Å². The average Bonchev–Trinajstić information content (AvgIpc) is 3.22. The summed E-state index contributed by atoms with van der Waals surface area (Å²) in [5.41, 5.74) is 0.570. The fraction of sp³-hybridized carbons (Fsp3) is 0.393. The SMILES string of the molecule is CC(C)NC(=O)c1ccc2c(=O)n(Cc3ccccc3)c3nn(CC(=O)NC4CCCCC4)c(=O)n3c2c1. The number of amides is 2. The lowest BCUT2D eigenvalue weighted by atomic mass is 9.95. The summed E-state index contributed by atoms with van der Waals surface area (Å²) >= 11 is 0. The number of hydrogen-bond acceptors (Lipinski definition) is 5. The Balaban J connectivity index is 1.63. The van der Waals surface area contributed by atoms with Gasteiger partial charge in [-0.15, -0.1) is 5.10 Å². The molecule has 10 nitrogen and oxygen atoms in total. The normalized spacial score (nSPS) is 14.3. The molecule has 10 heteroatoms. The van der Waals surface area contributed by atoms with Crippen molar-refractivity contribution >= 4 is 28.5 Å². The Labute approximate surface area is 219 Å². The van der Waals surface area contributed by atoms with Gasteiger partial charge in [-0.25, -0.2) is 13.9 Å². The van der Waals surface area contributed by atoms with Gasteiger partial charge in [0, 0.05) is 17.6 Å². The Morgan fingerprint density at radius 1 is 1.03 bits per heavy atom. The first-order chi connectivity index (χ1) is 18.3. The Morgan fingerprint density at radius 2 is 1.76 bits per heavy atom. The number of benzene rings is 2. The molecule has 2 amide bonds. The Kier molecular flexibility index (Phi) is 7.13. The minimum Gasteiger partial charge on any atom is -0.352 e. The van der Waals surface area contributed by atoms with Crippen LogP contribution in [0.15, 0.2) is 58.1 Å². The predicted molar refractivity (Wildman–Crippen MR) is 144 cm³/mol. The lowest BCUT2D eigenvalue weighted by molar-refractivity contribution is -0.122. The van der Waals surface area contributed by atoms with Crippen LogP contribution in [0.2, 0.25) is 0 Å². The molecule has 2 aromatic carbocycles. The van der Waals surface area contributed by atoms with Gasteiger partial charge in [-0.2, -0.15) is 0 Å². The molecular weight excluding hydrogens is 484 g/mol. The highest BCUT2D eigenvalue weighted by atomic mass is 16.2. The van der Waals surface area contributed by atoms with Gasteiger partial charge in [0.15, 0.2) is 0 Å². The van der Waals surface area contributed by atoms with E-state index in [4.69, 9.17) is 0 Å². The Hall–Kier alpha value is -4.21. The minimum absolute atomic E-state index is 0.0785. The van der Waals surface area contributed by atoms with Gasteiger partial charge >= 0.3 is 5.69 Å². The molecule has 2 heterocycles. The molecule has 4 aromatic rings. The van der Waals surface area contributed by atoms with Gasteiger partial charge in [0.05, 0.1) is 17.4 Å². The lowest BCUT2D eigenvalue weighted by Crippen LogP contribution is -2.40. The van der Waals surface area contributed by atoms with E-state index in [0.29, 0.717) is 5.56 Å². The van der Waals surface area contributed by atoms with Gasteiger partial charge in [-0.05, 0) is 50.5 Å². The van der Waals surface area contributed by atoms with E-state index in [1.165, 1.54) is 21.5 Å². The third-order valence-corrected chi connectivity index (χ3v) is 6.91. The maximum atomic E-state index is 13.6. The standard InChI is InChI=1S/C28H32N6O4/c1-18(2)29-25(36)20-13-14-22-23(15-20)34-27(32(26(22)37)16-19-9-5-3-6-10-19)31-33(28(34)38)17-24(35)30-21-11-7-4-8-12-21/h3,5-6,9-10,13-15,18,21H,4,7-8,11-12,16-17H2,1-2H3,(H,29,36)(H,30,35). The summed E-state index contributed by atoms with van der Waals surface area (Å²) in [7, 11) is 0. The van der Waals surface area contributed by atoms with Gasteiger partial charge in [0.1, 0.15) is 6.54 Å². The highest BCUT2D eigenvalue weighted by Crippen LogP contribution is 2.18. The summed E-state index contributed by atoms with van der Waals surface area (Å²) in [5, 5.41) is 10.6. The molecule has 0 spiro atoms. The molecule has 2 aromatic heterocycles. The second-order valence-electron chi connectivity index (χ2n) is 10.2. The van der Waals surface area contributed by atoms with E-state index in [-0.39, 0.29) is 59.2 Å². The van der Waals surface area contributed by atoms with Crippen LogP contribution in [-0.4, -0.2) is 42.6 Å². The van der Waals surface area contributed by atoms with Crippen LogP contribution >= 0.6 is 0 Å². The Morgan fingerprint density at radius 3 is 2.47 bits per heavy atom. The van der Waals surface area contributed by atoms with Gasteiger partial charge in [0.2, 0.25) is 11.7 Å². The summed E-state index contributed by atoms with van der Waals surface area (Å²) in [6, 6.07) is 14.1. The van der Waals surface area contributed by atoms with Crippen molar-refractivity contribution in [3.8, 4) is 0 Å². The molecule has 1 aliphatic carbocycles.